The number of carbonyl (C=O) groups is 2. The van der Waals surface area contributed by atoms with Crippen molar-refractivity contribution >= 4 is 11.8 Å². The molecule has 0 bridgehead atoms. The van der Waals surface area contributed by atoms with Crippen LogP contribution in [0.15, 0.2) is 24.3 Å². The van der Waals surface area contributed by atoms with Crippen LogP contribution in [0, 0.1) is 11.8 Å². The van der Waals surface area contributed by atoms with Gasteiger partial charge >= 0.3 is 0 Å². The van der Waals surface area contributed by atoms with Crippen molar-refractivity contribution < 1.29 is 19.1 Å². The Bertz CT molecular complexity index is 944. The van der Waals surface area contributed by atoms with Crippen molar-refractivity contribution in [1.29, 1.82) is 0 Å². The lowest BCUT2D eigenvalue weighted by molar-refractivity contribution is -0.121. The van der Waals surface area contributed by atoms with Crippen molar-refractivity contribution in [3.63, 3.8) is 0 Å². The molecule has 0 aliphatic heterocycles. The molecule has 35 heavy (non-hydrogen) atoms. The summed E-state index contributed by atoms with van der Waals surface area (Å²) in [5.41, 5.74) is 1.83. The third-order valence-electron chi connectivity index (χ3n) is 6.18. The summed E-state index contributed by atoms with van der Waals surface area (Å²) in [6.07, 6.45) is 2.94. The van der Waals surface area contributed by atoms with Gasteiger partial charge in [0.15, 0.2) is 5.69 Å². The zero-order valence-corrected chi connectivity index (χ0v) is 22.3. The van der Waals surface area contributed by atoms with Gasteiger partial charge in [-0.1, -0.05) is 46.6 Å². The number of amides is 2. The van der Waals surface area contributed by atoms with Crippen LogP contribution in [0.1, 0.15) is 70.8 Å². The molecule has 194 valence electrons. The molecule has 0 fully saturated rings. The first-order valence-corrected chi connectivity index (χ1v) is 12.6. The molecule has 0 radical (unpaired) electrons. The molecule has 8 nitrogen and oxygen atoms in total. The lowest BCUT2D eigenvalue weighted by atomic mass is 10.0. The SMILES string of the molecule is CCNC(=O)C[C@H](CC(C)C)NC(=O)c1cc(-c2c(OC)cccc2OC)n(CC(CC)CC)n1. The average Bonchev–Trinajstić information content (AvgIpc) is 3.24. The molecule has 2 N–H and O–H groups in total. The van der Waals surface area contributed by atoms with Crippen LogP contribution in [0.4, 0.5) is 0 Å². The molecule has 0 saturated carbocycles. The number of aromatic nitrogens is 2. The number of hydrogen-bond acceptors (Lipinski definition) is 5. The molecular formula is C27H42N4O4. The van der Waals surface area contributed by atoms with E-state index in [2.05, 4.69) is 38.3 Å². The number of nitrogens with zero attached hydrogens (tertiary/aromatic N) is 2. The fourth-order valence-corrected chi connectivity index (χ4v) is 4.28. The number of benzene rings is 1. The van der Waals surface area contributed by atoms with Crippen molar-refractivity contribution in [2.45, 2.75) is 72.9 Å². The van der Waals surface area contributed by atoms with Gasteiger partial charge < -0.3 is 20.1 Å². The van der Waals surface area contributed by atoms with Crippen molar-refractivity contribution in [2.24, 2.45) is 11.8 Å². The van der Waals surface area contributed by atoms with Crippen LogP contribution >= 0.6 is 0 Å². The highest BCUT2D eigenvalue weighted by Crippen LogP contribution is 2.39. The maximum Gasteiger partial charge on any atom is 0.272 e. The standard InChI is InChI=1S/C27H42N4O4/c1-8-19(9-2)17-31-22(26-23(34-6)12-11-13-24(26)35-7)16-21(30-31)27(33)29-20(14-18(4)5)15-25(32)28-10-3/h11-13,16,18-20H,8-10,14-15,17H2,1-7H3,(H,28,32)(H,29,33)/t20-/m0/s1. The van der Waals surface area contributed by atoms with Crippen molar-refractivity contribution in [3.05, 3.63) is 30.0 Å². The van der Waals surface area contributed by atoms with E-state index >= 15 is 0 Å². The summed E-state index contributed by atoms with van der Waals surface area (Å²) in [6.45, 7) is 11.6. The number of hydrogen-bond donors (Lipinski definition) is 2. The van der Waals surface area contributed by atoms with Crippen LogP contribution in [0.3, 0.4) is 0 Å². The van der Waals surface area contributed by atoms with Gasteiger partial charge in [-0.3, -0.25) is 14.3 Å². The van der Waals surface area contributed by atoms with Crippen LogP contribution < -0.4 is 20.1 Å². The first-order chi connectivity index (χ1) is 16.8. The van der Waals surface area contributed by atoms with Gasteiger partial charge in [-0.05, 0) is 43.4 Å². The third-order valence-corrected chi connectivity index (χ3v) is 6.18. The normalized spacial score (nSPS) is 12.0. The summed E-state index contributed by atoms with van der Waals surface area (Å²) < 4.78 is 13.2. The molecule has 1 heterocycles. The Morgan fingerprint density at radius 1 is 1.06 bits per heavy atom. The van der Waals surface area contributed by atoms with E-state index in [0.717, 1.165) is 24.1 Å². The van der Waals surface area contributed by atoms with E-state index in [1.165, 1.54) is 0 Å². The van der Waals surface area contributed by atoms with E-state index in [-0.39, 0.29) is 24.3 Å². The van der Waals surface area contributed by atoms with Crippen molar-refractivity contribution in [3.8, 4) is 22.8 Å². The minimum Gasteiger partial charge on any atom is -0.496 e. The van der Waals surface area contributed by atoms with E-state index in [1.807, 2.05) is 29.8 Å². The monoisotopic (exact) mass is 486 g/mol. The molecule has 2 amide bonds. The van der Waals surface area contributed by atoms with Crippen molar-refractivity contribution in [1.82, 2.24) is 20.4 Å². The molecule has 1 atom stereocenters. The van der Waals surface area contributed by atoms with Gasteiger partial charge in [0.25, 0.3) is 5.91 Å². The Labute approximate surface area is 209 Å². The zero-order valence-electron chi connectivity index (χ0n) is 22.3. The molecule has 1 aromatic carbocycles. The van der Waals surface area contributed by atoms with Gasteiger partial charge in [-0.15, -0.1) is 0 Å². The maximum atomic E-state index is 13.3. The van der Waals surface area contributed by atoms with Crippen molar-refractivity contribution in [2.75, 3.05) is 20.8 Å². The number of nitrogens with one attached hydrogen (secondary N) is 2. The van der Waals surface area contributed by atoms with Gasteiger partial charge in [0.1, 0.15) is 11.5 Å². The highest BCUT2D eigenvalue weighted by atomic mass is 16.5. The summed E-state index contributed by atoms with van der Waals surface area (Å²) in [7, 11) is 3.23. The Balaban J connectivity index is 2.47. The second-order valence-corrected chi connectivity index (χ2v) is 9.27. The van der Waals surface area contributed by atoms with Gasteiger partial charge in [-0.2, -0.15) is 5.10 Å². The van der Waals surface area contributed by atoms with E-state index in [4.69, 9.17) is 14.6 Å². The van der Waals surface area contributed by atoms with Crippen LogP contribution in [-0.4, -0.2) is 48.4 Å². The topological polar surface area (TPSA) is 94.5 Å². The fraction of sp³-hybridized carbons (Fsp3) is 0.593. The summed E-state index contributed by atoms with van der Waals surface area (Å²) in [5.74, 6) is 1.68. The Morgan fingerprint density at radius 3 is 2.20 bits per heavy atom. The first-order valence-electron chi connectivity index (χ1n) is 12.6. The van der Waals surface area contributed by atoms with Gasteiger partial charge in [0, 0.05) is 25.6 Å². The average molecular weight is 487 g/mol. The third kappa shape index (κ3) is 7.73. The molecule has 1 aromatic heterocycles. The number of carbonyl (C=O) groups excluding carboxylic acids is 2. The largest absolute Gasteiger partial charge is 0.496 e. The smallest absolute Gasteiger partial charge is 0.272 e. The lowest BCUT2D eigenvalue weighted by Gasteiger charge is -2.19. The molecule has 0 saturated heterocycles. The Morgan fingerprint density at radius 2 is 1.69 bits per heavy atom. The summed E-state index contributed by atoms with van der Waals surface area (Å²) in [4.78, 5) is 25.5. The van der Waals surface area contributed by atoms with E-state index in [0.29, 0.717) is 48.5 Å². The highest BCUT2D eigenvalue weighted by molar-refractivity contribution is 5.94. The van der Waals surface area contributed by atoms with Gasteiger partial charge in [-0.25, -0.2) is 0 Å². The molecule has 8 heteroatoms. The molecule has 2 aromatic rings. The van der Waals surface area contributed by atoms with E-state index < -0.39 is 0 Å². The molecule has 0 unspecified atom stereocenters. The summed E-state index contributed by atoms with van der Waals surface area (Å²) in [6, 6.07) is 7.13. The number of methoxy groups -OCH3 is 2. The lowest BCUT2D eigenvalue weighted by Crippen LogP contribution is -2.40. The Kier molecular flexibility index (Phi) is 11.1. The summed E-state index contributed by atoms with van der Waals surface area (Å²) >= 11 is 0. The minimum atomic E-state index is -0.293. The predicted octanol–water partition coefficient (Wildman–Crippen LogP) is 4.67. The molecule has 0 aliphatic carbocycles. The van der Waals surface area contributed by atoms with E-state index in [9.17, 15) is 9.59 Å². The van der Waals surface area contributed by atoms with Crippen LogP contribution in [0.25, 0.3) is 11.3 Å². The second kappa shape index (κ2) is 13.8. The zero-order chi connectivity index (χ0) is 26.0. The number of ether oxygens (including phenoxy) is 2. The second-order valence-electron chi connectivity index (χ2n) is 9.27. The number of rotatable bonds is 14. The molecule has 2 rings (SSSR count). The minimum absolute atomic E-state index is 0.0721. The fourth-order valence-electron chi connectivity index (χ4n) is 4.28. The quantitative estimate of drug-likeness (QED) is 0.405. The Hall–Kier alpha value is -3.03. The van der Waals surface area contributed by atoms with Crippen LogP contribution in [-0.2, 0) is 11.3 Å². The molecular weight excluding hydrogens is 444 g/mol. The first kappa shape index (κ1) is 28.2. The van der Waals surface area contributed by atoms with E-state index in [1.54, 1.807) is 20.3 Å². The summed E-state index contributed by atoms with van der Waals surface area (Å²) in [5, 5.41) is 10.6. The van der Waals surface area contributed by atoms with Crippen LogP contribution in [0.2, 0.25) is 0 Å². The van der Waals surface area contributed by atoms with Gasteiger partial charge in [0.2, 0.25) is 5.91 Å². The highest BCUT2D eigenvalue weighted by Gasteiger charge is 2.25. The van der Waals surface area contributed by atoms with Crippen LogP contribution in [0.5, 0.6) is 11.5 Å². The van der Waals surface area contributed by atoms with Gasteiger partial charge in [0.05, 0.1) is 25.5 Å². The predicted molar refractivity (Wildman–Crippen MR) is 139 cm³/mol. The molecule has 0 spiro atoms. The maximum absolute atomic E-state index is 13.3. The molecule has 0 aliphatic rings.